The third kappa shape index (κ3) is 5.46. The first kappa shape index (κ1) is 17.7. The number of hydrogen-bond acceptors (Lipinski definition) is 3. The van der Waals surface area contributed by atoms with E-state index in [0.717, 1.165) is 16.9 Å². The van der Waals surface area contributed by atoms with Crippen molar-refractivity contribution >= 4 is 11.7 Å². The van der Waals surface area contributed by atoms with Crippen molar-refractivity contribution in [2.75, 3.05) is 5.32 Å². The molecule has 1 heterocycles. The summed E-state index contributed by atoms with van der Waals surface area (Å²) in [6.07, 6.45) is 1.60. The Bertz CT molecular complexity index is 833. The van der Waals surface area contributed by atoms with E-state index in [1.165, 1.54) is 12.1 Å². The van der Waals surface area contributed by atoms with Gasteiger partial charge in [-0.25, -0.2) is 9.18 Å². The van der Waals surface area contributed by atoms with Crippen molar-refractivity contribution < 1.29 is 18.3 Å². The average molecular weight is 354 g/mol. The van der Waals surface area contributed by atoms with Gasteiger partial charge in [-0.05, 0) is 47.5 Å². The molecule has 1 aromatic heterocycles. The molecule has 0 saturated carbocycles. The number of anilines is 1. The summed E-state index contributed by atoms with van der Waals surface area (Å²) in [5.41, 5.74) is 2.43. The fraction of sp³-hybridized carbons (Fsp3) is 0.150. The normalized spacial score (nSPS) is 10.5. The number of halogens is 1. The summed E-state index contributed by atoms with van der Waals surface area (Å²) in [5, 5.41) is 5.50. The number of nitrogens with one attached hydrogen (secondary N) is 2. The molecule has 0 bridgehead atoms. The lowest BCUT2D eigenvalue weighted by Crippen LogP contribution is -2.28. The van der Waals surface area contributed by atoms with Crippen LogP contribution in [0, 0.1) is 5.82 Å². The Morgan fingerprint density at radius 1 is 1.00 bits per heavy atom. The first-order valence-corrected chi connectivity index (χ1v) is 8.17. The fourth-order valence-electron chi connectivity index (χ4n) is 2.36. The van der Waals surface area contributed by atoms with E-state index >= 15 is 0 Å². The fourth-order valence-corrected chi connectivity index (χ4v) is 2.36. The van der Waals surface area contributed by atoms with Gasteiger partial charge in [0.1, 0.15) is 18.2 Å². The van der Waals surface area contributed by atoms with Gasteiger partial charge in [-0.2, -0.15) is 0 Å². The highest BCUT2D eigenvalue weighted by Gasteiger charge is 2.04. The minimum Gasteiger partial charge on any atom is -0.467 e. The predicted octanol–water partition coefficient (Wildman–Crippen LogP) is 4.46. The van der Waals surface area contributed by atoms with Crippen LogP contribution >= 0.6 is 0 Å². The number of rotatable bonds is 7. The van der Waals surface area contributed by atoms with Crippen LogP contribution in [0.1, 0.15) is 16.9 Å². The van der Waals surface area contributed by atoms with E-state index in [1.807, 2.05) is 30.3 Å². The molecule has 2 aromatic carbocycles. The molecule has 6 heteroatoms. The molecular formula is C20H19FN2O3. The summed E-state index contributed by atoms with van der Waals surface area (Å²) in [6, 6.07) is 16.7. The number of furan rings is 1. The summed E-state index contributed by atoms with van der Waals surface area (Å²) in [6.45, 7) is 1.12. The van der Waals surface area contributed by atoms with Crippen molar-refractivity contribution in [2.45, 2.75) is 19.8 Å². The molecule has 0 aliphatic rings. The van der Waals surface area contributed by atoms with Crippen LogP contribution in [0.25, 0.3) is 0 Å². The van der Waals surface area contributed by atoms with Crippen LogP contribution in [0.5, 0.6) is 0 Å². The van der Waals surface area contributed by atoms with Crippen LogP contribution in [0.3, 0.4) is 0 Å². The van der Waals surface area contributed by atoms with E-state index < -0.39 is 0 Å². The van der Waals surface area contributed by atoms with E-state index in [2.05, 4.69) is 10.6 Å². The van der Waals surface area contributed by atoms with Gasteiger partial charge in [0.2, 0.25) is 0 Å². The lowest BCUT2D eigenvalue weighted by molar-refractivity contribution is 0.0930. The predicted molar refractivity (Wildman–Crippen MR) is 95.9 cm³/mol. The molecule has 3 rings (SSSR count). The molecule has 0 radical (unpaired) electrons. The minimum absolute atomic E-state index is 0.302. The van der Waals surface area contributed by atoms with Crippen molar-refractivity contribution in [2.24, 2.45) is 0 Å². The Kier molecular flexibility index (Phi) is 6.01. The maximum atomic E-state index is 12.9. The van der Waals surface area contributed by atoms with Crippen molar-refractivity contribution in [3.8, 4) is 0 Å². The van der Waals surface area contributed by atoms with Gasteiger partial charge < -0.3 is 19.8 Å². The molecule has 2 N–H and O–H groups in total. The number of benzene rings is 2. The molecule has 3 aromatic rings. The molecule has 0 unspecified atom stereocenters. The van der Waals surface area contributed by atoms with Gasteiger partial charge in [0.25, 0.3) is 0 Å². The molecule has 0 aliphatic heterocycles. The van der Waals surface area contributed by atoms with Gasteiger partial charge in [-0.15, -0.1) is 0 Å². The quantitative estimate of drug-likeness (QED) is 0.658. The molecule has 0 aliphatic carbocycles. The zero-order valence-corrected chi connectivity index (χ0v) is 14.1. The second kappa shape index (κ2) is 8.82. The summed E-state index contributed by atoms with van der Waals surface area (Å²) < 4.78 is 23.7. The maximum absolute atomic E-state index is 12.9. The zero-order chi connectivity index (χ0) is 18.2. The monoisotopic (exact) mass is 354 g/mol. The molecule has 2 amide bonds. The highest BCUT2D eigenvalue weighted by atomic mass is 19.1. The van der Waals surface area contributed by atoms with Crippen LogP contribution in [0.15, 0.2) is 71.3 Å². The lowest BCUT2D eigenvalue weighted by atomic mass is 10.2. The Labute approximate surface area is 150 Å². The van der Waals surface area contributed by atoms with Crippen LogP contribution < -0.4 is 10.6 Å². The molecule has 0 saturated heterocycles. The first-order valence-electron chi connectivity index (χ1n) is 8.17. The average Bonchev–Trinajstić information content (AvgIpc) is 3.15. The van der Waals surface area contributed by atoms with Crippen LogP contribution in [0.4, 0.5) is 14.9 Å². The zero-order valence-electron chi connectivity index (χ0n) is 14.1. The molecular weight excluding hydrogens is 335 g/mol. The van der Waals surface area contributed by atoms with Gasteiger partial charge in [-0.1, -0.05) is 24.3 Å². The van der Waals surface area contributed by atoms with Crippen LogP contribution in [-0.2, 0) is 24.5 Å². The van der Waals surface area contributed by atoms with Crippen molar-refractivity contribution in [3.05, 3.63) is 89.6 Å². The van der Waals surface area contributed by atoms with E-state index in [-0.39, 0.29) is 11.8 Å². The van der Waals surface area contributed by atoms with Crippen LogP contribution in [0.2, 0.25) is 0 Å². The third-order valence-corrected chi connectivity index (χ3v) is 3.64. The highest BCUT2D eigenvalue weighted by molar-refractivity contribution is 5.89. The topological polar surface area (TPSA) is 63.5 Å². The highest BCUT2D eigenvalue weighted by Crippen LogP contribution is 2.13. The Morgan fingerprint density at radius 2 is 1.85 bits per heavy atom. The number of amides is 2. The minimum atomic E-state index is -0.331. The van der Waals surface area contributed by atoms with Crippen molar-refractivity contribution in [1.29, 1.82) is 0 Å². The summed E-state index contributed by atoms with van der Waals surface area (Å²) in [7, 11) is 0. The summed E-state index contributed by atoms with van der Waals surface area (Å²) >= 11 is 0. The van der Waals surface area contributed by atoms with E-state index in [9.17, 15) is 9.18 Å². The van der Waals surface area contributed by atoms with Crippen LogP contribution in [-0.4, -0.2) is 6.03 Å². The second-order valence-electron chi connectivity index (χ2n) is 5.71. The smallest absolute Gasteiger partial charge is 0.319 e. The molecule has 0 fully saturated rings. The molecule has 5 nitrogen and oxygen atoms in total. The Hall–Kier alpha value is -3.12. The SMILES string of the molecule is O=C(NCc1ccc(F)cc1)Nc1cccc(COCc2ccco2)c1. The van der Waals surface area contributed by atoms with E-state index in [4.69, 9.17) is 9.15 Å². The lowest BCUT2D eigenvalue weighted by Gasteiger charge is -2.09. The van der Waals surface area contributed by atoms with Crippen molar-refractivity contribution in [1.82, 2.24) is 5.32 Å². The number of ether oxygens (including phenoxy) is 1. The number of urea groups is 1. The molecule has 134 valence electrons. The maximum Gasteiger partial charge on any atom is 0.319 e. The van der Waals surface area contributed by atoms with Gasteiger partial charge in [-0.3, -0.25) is 0 Å². The molecule has 26 heavy (non-hydrogen) atoms. The van der Waals surface area contributed by atoms with Gasteiger partial charge >= 0.3 is 6.03 Å². The number of hydrogen-bond donors (Lipinski definition) is 2. The molecule has 0 atom stereocenters. The van der Waals surface area contributed by atoms with Gasteiger partial charge in [0.05, 0.1) is 12.9 Å². The summed E-state index contributed by atoms with van der Waals surface area (Å²) in [5.74, 6) is 0.462. The van der Waals surface area contributed by atoms with Gasteiger partial charge in [0.15, 0.2) is 0 Å². The van der Waals surface area contributed by atoms with E-state index in [1.54, 1.807) is 24.5 Å². The molecule has 0 spiro atoms. The van der Waals surface area contributed by atoms with Gasteiger partial charge in [0, 0.05) is 12.2 Å². The second-order valence-corrected chi connectivity index (χ2v) is 5.71. The van der Waals surface area contributed by atoms with Crippen molar-refractivity contribution in [3.63, 3.8) is 0 Å². The first-order chi connectivity index (χ1) is 12.7. The largest absolute Gasteiger partial charge is 0.467 e. The number of carbonyl (C=O) groups excluding carboxylic acids is 1. The Morgan fingerprint density at radius 3 is 2.62 bits per heavy atom. The summed E-state index contributed by atoms with van der Waals surface area (Å²) in [4.78, 5) is 12.0. The number of carbonyl (C=O) groups is 1. The standard InChI is InChI=1S/C20H19FN2O3/c21-17-8-6-15(7-9-17)12-22-20(24)23-18-4-1-3-16(11-18)13-25-14-19-5-2-10-26-19/h1-11H,12-14H2,(H2,22,23,24). The van der Waals surface area contributed by atoms with E-state index in [0.29, 0.717) is 25.4 Å². The third-order valence-electron chi connectivity index (χ3n) is 3.64. The Balaban J connectivity index is 1.46.